The van der Waals surface area contributed by atoms with Gasteiger partial charge in [0, 0.05) is 12.3 Å². The summed E-state index contributed by atoms with van der Waals surface area (Å²) in [6.45, 7) is 7.21. The Morgan fingerprint density at radius 1 is 1.20 bits per heavy atom. The van der Waals surface area contributed by atoms with Crippen LogP contribution in [0.5, 0.6) is 0 Å². The first-order valence-corrected chi connectivity index (χ1v) is 6.47. The van der Waals surface area contributed by atoms with Crippen molar-refractivity contribution in [2.45, 2.75) is 52.9 Å². The van der Waals surface area contributed by atoms with Gasteiger partial charge in [-0.3, -0.25) is 4.79 Å². The van der Waals surface area contributed by atoms with Crippen molar-refractivity contribution in [3.05, 3.63) is 0 Å². The van der Waals surface area contributed by atoms with E-state index in [1.807, 2.05) is 0 Å². The molecule has 3 aliphatic rings. The van der Waals surface area contributed by atoms with Gasteiger partial charge in [-0.25, -0.2) is 0 Å². The molecular weight excluding hydrogens is 184 g/mol. The minimum absolute atomic E-state index is 0.411. The van der Waals surface area contributed by atoms with E-state index in [-0.39, 0.29) is 0 Å². The second-order valence-corrected chi connectivity index (χ2v) is 7.12. The highest BCUT2D eigenvalue weighted by Crippen LogP contribution is 2.67. The number of hydrogen-bond donors (Lipinski definition) is 0. The highest BCUT2D eigenvalue weighted by Gasteiger charge is 2.62. The lowest BCUT2D eigenvalue weighted by Gasteiger charge is -2.35. The van der Waals surface area contributed by atoms with Crippen LogP contribution in [0.15, 0.2) is 0 Å². The SMILES string of the molecule is CC1(C)CC[C@@]2(C)C[C@@H]3CCC(=O)[C@@H]3[C@@H]12. The molecule has 0 aromatic heterocycles. The fourth-order valence-corrected chi connectivity index (χ4v) is 5.23. The Labute approximate surface area is 92.6 Å². The van der Waals surface area contributed by atoms with Gasteiger partial charge in [0.15, 0.2) is 0 Å². The lowest BCUT2D eigenvalue weighted by atomic mass is 9.69. The Hall–Kier alpha value is -0.330. The molecule has 0 saturated heterocycles. The van der Waals surface area contributed by atoms with Crippen LogP contribution >= 0.6 is 0 Å². The fraction of sp³-hybridized carbons (Fsp3) is 0.929. The van der Waals surface area contributed by atoms with Gasteiger partial charge in [0.25, 0.3) is 0 Å². The molecule has 1 heteroatoms. The van der Waals surface area contributed by atoms with Crippen LogP contribution in [-0.4, -0.2) is 5.78 Å². The molecule has 3 aliphatic carbocycles. The molecule has 3 fully saturated rings. The van der Waals surface area contributed by atoms with E-state index < -0.39 is 0 Å². The standard InChI is InChI=1S/C14H22O/c1-13(2)6-7-14(3)8-9-4-5-10(15)11(9)12(13)14/h9,11-12H,4-8H2,1-3H3/t9-,11+,12-,14-/m0/s1. The molecule has 0 radical (unpaired) electrons. The van der Waals surface area contributed by atoms with Crippen molar-refractivity contribution in [1.82, 2.24) is 0 Å². The lowest BCUT2D eigenvalue weighted by molar-refractivity contribution is -0.123. The van der Waals surface area contributed by atoms with E-state index >= 15 is 0 Å². The zero-order valence-corrected chi connectivity index (χ0v) is 10.2. The molecule has 0 bridgehead atoms. The van der Waals surface area contributed by atoms with Gasteiger partial charge < -0.3 is 0 Å². The first kappa shape index (κ1) is 9.86. The van der Waals surface area contributed by atoms with Crippen molar-refractivity contribution in [3.8, 4) is 0 Å². The monoisotopic (exact) mass is 206 g/mol. The topological polar surface area (TPSA) is 17.1 Å². The van der Waals surface area contributed by atoms with Crippen molar-refractivity contribution in [2.75, 3.05) is 0 Å². The number of ketones is 1. The quantitative estimate of drug-likeness (QED) is 0.593. The van der Waals surface area contributed by atoms with Gasteiger partial charge in [0.05, 0.1) is 0 Å². The van der Waals surface area contributed by atoms with E-state index in [9.17, 15) is 4.79 Å². The summed E-state index contributed by atoms with van der Waals surface area (Å²) in [7, 11) is 0. The number of carbonyl (C=O) groups is 1. The number of Topliss-reactive ketones (excluding diaryl/α,β-unsaturated/α-hetero) is 1. The first-order valence-electron chi connectivity index (χ1n) is 6.47. The van der Waals surface area contributed by atoms with E-state index in [0.29, 0.717) is 28.4 Å². The summed E-state index contributed by atoms with van der Waals surface area (Å²) in [6, 6.07) is 0. The van der Waals surface area contributed by atoms with Gasteiger partial charge in [-0.05, 0) is 48.3 Å². The zero-order valence-electron chi connectivity index (χ0n) is 10.2. The molecule has 0 aliphatic heterocycles. The largest absolute Gasteiger partial charge is 0.299 e. The molecule has 4 atom stereocenters. The number of hydrogen-bond acceptors (Lipinski definition) is 1. The van der Waals surface area contributed by atoms with Gasteiger partial charge in [0.1, 0.15) is 5.78 Å². The van der Waals surface area contributed by atoms with Crippen molar-refractivity contribution in [1.29, 1.82) is 0 Å². The minimum Gasteiger partial charge on any atom is -0.299 e. The van der Waals surface area contributed by atoms with Crippen LogP contribution in [0.1, 0.15) is 52.9 Å². The van der Waals surface area contributed by atoms with Crippen molar-refractivity contribution < 1.29 is 4.79 Å². The highest BCUT2D eigenvalue weighted by atomic mass is 16.1. The Morgan fingerprint density at radius 2 is 1.93 bits per heavy atom. The molecule has 0 aromatic rings. The summed E-state index contributed by atoms with van der Waals surface area (Å²) in [6.07, 6.45) is 6.07. The molecule has 0 amide bonds. The van der Waals surface area contributed by atoms with Crippen LogP contribution in [0.2, 0.25) is 0 Å². The second-order valence-electron chi connectivity index (χ2n) is 7.12. The smallest absolute Gasteiger partial charge is 0.136 e. The van der Waals surface area contributed by atoms with Crippen molar-refractivity contribution in [3.63, 3.8) is 0 Å². The third-order valence-corrected chi connectivity index (χ3v) is 5.66. The van der Waals surface area contributed by atoms with Gasteiger partial charge in [0.2, 0.25) is 0 Å². The van der Waals surface area contributed by atoms with Crippen LogP contribution in [0.3, 0.4) is 0 Å². The molecule has 15 heavy (non-hydrogen) atoms. The molecule has 0 aromatic carbocycles. The zero-order chi connectivity index (χ0) is 10.8. The summed E-state index contributed by atoms with van der Waals surface area (Å²) >= 11 is 0. The second kappa shape index (κ2) is 2.67. The van der Waals surface area contributed by atoms with Gasteiger partial charge in [-0.15, -0.1) is 0 Å². The summed E-state index contributed by atoms with van der Waals surface area (Å²) in [5.74, 6) is 2.45. The van der Waals surface area contributed by atoms with E-state index in [1.165, 1.54) is 25.7 Å². The Kier molecular flexibility index (Phi) is 1.76. The molecule has 0 spiro atoms. The van der Waals surface area contributed by atoms with Gasteiger partial charge in [-0.2, -0.15) is 0 Å². The van der Waals surface area contributed by atoms with Crippen LogP contribution in [-0.2, 0) is 4.79 Å². The number of carbonyl (C=O) groups excluding carboxylic acids is 1. The average molecular weight is 206 g/mol. The molecule has 84 valence electrons. The van der Waals surface area contributed by atoms with Crippen LogP contribution in [0.25, 0.3) is 0 Å². The normalized spacial score (nSPS) is 51.9. The van der Waals surface area contributed by atoms with E-state index in [4.69, 9.17) is 0 Å². The molecule has 3 saturated carbocycles. The van der Waals surface area contributed by atoms with E-state index in [2.05, 4.69) is 20.8 Å². The molecule has 3 rings (SSSR count). The Morgan fingerprint density at radius 3 is 2.67 bits per heavy atom. The van der Waals surface area contributed by atoms with Crippen molar-refractivity contribution in [2.24, 2.45) is 28.6 Å². The molecular formula is C14H22O. The minimum atomic E-state index is 0.411. The molecule has 0 unspecified atom stereocenters. The highest BCUT2D eigenvalue weighted by molar-refractivity contribution is 5.84. The fourth-order valence-electron chi connectivity index (χ4n) is 5.23. The summed E-state index contributed by atoms with van der Waals surface area (Å²) in [5, 5.41) is 0. The summed E-state index contributed by atoms with van der Waals surface area (Å²) in [4.78, 5) is 12.0. The lowest BCUT2D eigenvalue weighted by Crippen LogP contribution is -2.32. The first-order chi connectivity index (χ1) is 6.94. The molecule has 0 heterocycles. The Balaban J connectivity index is 2.02. The third-order valence-electron chi connectivity index (χ3n) is 5.66. The maximum absolute atomic E-state index is 12.0. The maximum Gasteiger partial charge on any atom is 0.136 e. The van der Waals surface area contributed by atoms with Crippen LogP contribution in [0, 0.1) is 28.6 Å². The van der Waals surface area contributed by atoms with E-state index in [1.54, 1.807) is 0 Å². The van der Waals surface area contributed by atoms with Crippen LogP contribution < -0.4 is 0 Å². The number of fused-ring (bicyclic) bond motifs is 3. The Bertz CT molecular complexity index is 317. The summed E-state index contributed by atoms with van der Waals surface area (Å²) < 4.78 is 0. The van der Waals surface area contributed by atoms with Crippen molar-refractivity contribution >= 4 is 5.78 Å². The van der Waals surface area contributed by atoms with Gasteiger partial charge >= 0.3 is 0 Å². The number of rotatable bonds is 0. The summed E-state index contributed by atoms with van der Waals surface area (Å²) in [5.41, 5.74) is 0.906. The third kappa shape index (κ3) is 1.13. The maximum atomic E-state index is 12.0. The van der Waals surface area contributed by atoms with Gasteiger partial charge in [-0.1, -0.05) is 20.8 Å². The van der Waals surface area contributed by atoms with Crippen LogP contribution in [0.4, 0.5) is 0 Å². The average Bonchev–Trinajstić information content (AvgIpc) is 2.67. The molecule has 0 N–H and O–H groups in total. The predicted molar refractivity (Wildman–Crippen MR) is 60.5 cm³/mol. The van der Waals surface area contributed by atoms with E-state index in [0.717, 1.165) is 12.3 Å². The molecule has 1 nitrogen and oxygen atoms in total. The predicted octanol–water partition coefficient (Wildman–Crippen LogP) is 3.43.